The average molecular weight is 1830 g/mol. The summed E-state index contributed by atoms with van der Waals surface area (Å²) in [6.45, 7) is 8.61. The molecule has 0 rings (SSSR count). The number of rotatable bonds is 102. The number of esters is 4. The lowest BCUT2D eigenvalue weighted by Gasteiger charge is -2.28. The monoisotopic (exact) mass is 1830 g/mol. The van der Waals surface area contributed by atoms with Crippen LogP contribution in [0.2, 0.25) is 0 Å². The first kappa shape index (κ1) is 126. The summed E-state index contributed by atoms with van der Waals surface area (Å²) in [5.41, 5.74) is 0. The highest BCUT2D eigenvalue weighted by Crippen LogP contribution is 2.40. The molecule has 0 saturated heterocycles. The maximum Gasteiger partial charge on any atom is 0.306 e. The Hall–Kier alpha value is -1.98. The van der Waals surface area contributed by atoms with Gasteiger partial charge in [0.25, 0.3) is 15.6 Å². The molecule has 0 amide bonds. The topological polar surface area (TPSA) is 222 Å². The Morgan fingerprint density at radius 1 is 0.214 bits per heavy atom. The zero-order valence-corrected chi connectivity index (χ0v) is 86.9. The Balaban J connectivity index is 0. The molecule has 0 aliphatic carbocycles. The molecule has 18 nitrogen and oxygen atoms in total. The minimum atomic E-state index is -4.62. The number of unbranched alkanes of at least 4 members (excludes halogenated alkanes) is 74. The lowest BCUT2D eigenvalue weighted by molar-refractivity contribution is -0.870. The van der Waals surface area contributed by atoms with Crippen LogP contribution in [0, 0.1) is 0 Å². The summed E-state index contributed by atoms with van der Waals surface area (Å²) < 4.78 is 68.2. The van der Waals surface area contributed by atoms with E-state index < -0.39 is 53.0 Å². The van der Waals surface area contributed by atoms with Gasteiger partial charge in [0.05, 0.1) is 55.5 Å². The smallest absolute Gasteiger partial charge is 0.306 e. The number of phosphoric ester groups is 2. The molecule has 2 unspecified atom stereocenters. The molecule has 0 spiro atoms. The number of nitrogens with zero attached hydrogens (tertiary/aromatic N) is 2. The van der Waals surface area contributed by atoms with Gasteiger partial charge >= 0.3 is 23.9 Å². The average Bonchev–Trinajstić information content (AvgIpc) is 0.905. The Bertz CT molecular complexity index is 2390. The number of carbonyl (C=O) groups excluding carboxylic acids is 4. The first-order valence-electron chi connectivity index (χ1n) is 54.5. The summed E-state index contributed by atoms with van der Waals surface area (Å²) in [6.07, 6.45) is 99.8. The van der Waals surface area contributed by atoms with Crippen LogP contribution >= 0.6 is 15.6 Å². The first-order valence-corrected chi connectivity index (χ1v) is 57.4. The van der Waals surface area contributed by atoms with E-state index in [2.05, 4.69) is 27.7 Å². The maximum absolute atomic E-state index is 12.8. The molecule has 0 aliphatic rings. The SMILES string of the molecule is CCCCCCCCCCCCCCCCCCCCCC(=O)OC[C@H](COP(=O)([O-])OCC[N+](C)(C)C)OC(=O)CCCCCCCCCCCCCCCCCCCCC.CCCCCCCCCCCCCCCCCCCCCCC(=O)OC[C@H](COP(=O)([O-])OCC[N+](C)(C)C)OC(=O)CCCCCCCCCCCCCCCCCCCCCC. The number of quaternary nitrogens is 2. The van der Waals surface area contributed by atoms with Gasteiger partial charge in [-0.05, 0) is 25.7 Å². The normalized spacial score (nSPS) is 13.3. The number of carbonyl (C=O) groups is 4. The molecule has 752 valence electrons. The second kappa shape index (κ2) is 96.2. The van der Waals surface area contributed by atoms with Crippen LogP contribution in [0.15, 0.2) is 0 Å². The minimum Gasteiger partial charge on any atom is -0.756 e. The molecule has 0 aliphatic heterocycles. The van der Waals surface area contributed by atoms with Gasteiger partial charge in [-0.3, -0.25) is 28.3 Å². The fourth-order valence-corrected chi connectivity index (χ4v) is 17.7. The summed E-state index contributed by atoms with van der Waals surface area (Å²) >= 11 is 0. The van der Waals surface area contributed by atoms with Crippen molar-refractivity contribution >= 4 is 39.5 Å². The van der Waals surface area contributed by atoms with Crippen molar-refractivity contribution in [3.63, 3.8) is 0 Å². The van der Waals surface area contributed by atoms with Crippen LogP contribution in [0.1, 0.15) is 554 Å². The predicted octanol–water partition coefficient (Wildman–Crippen LogP) is 31.4. The summed E-state index contributed by atoms with van der Waals surface area (Å²) in [5.74, 6) is -1.62. The lowest BCUT2D eigenvalue weighted by Crippen LogP contribution is -2.37. The van der Waals surface area contributed by atoms with Crippen LogP contribution in [-0.4, -0.2) is 140 Å². The fraction of sp³-hybridized carbons (Fsp3) is 0.962. The standard InChI is InChI=1S/C54H108NO8P.C52H104NO8P/c1-6-8-10-12-14-16-18-20-22-24-26-28-30-32-34-36-38-40-42-44-46-53(56)60-50-52(51-62-64(58,59)61-49-48-55(3,4)5)63-54(57)47-45-43-41-39-37-35-33-31-29-27-25-23-21-19-17-15-13-11-9-7-2;1-6-8-10-12-14-16-18-20-22-24-26-28-30-32-34-36-38-40-42-44-51(54)58-48-50(49-60-62(56,57)59-47-46-53(3,4)5)61-52(55)45-43-41-39-37-35-33-31-29-27-25-23-21-19-17-15-13-11-9-7-2/h52H,6-51H2,1-5H3;50H,6-49H2,1-5H3/t52-;50-/m11/s1. The van der Waals surface area contributed by atoms with E-state index in [0.717, 1.165) is 64.2 Å². The zero-order chi connectivity index (χ0) is 92.8. The third-order valence-electron chi connectivity index (χ3n) is 24.8. The largest absolute Gasteiger partial charge is 0.756 e. The van der Waals surface area contributed by atoms with Gasteiger partial charge in [-0.25, -0.2) is 0 Å². The number of phosphoric acid groups is 2. The summed E-state index contributed by atoms with van der Waals surface area (Å²) in [6, 6.07) is 0. The Kier molecular flexibility index (Phi) is 96.2. The van der Waals surface area contributed by atoms with Crippen molar-refractivity contribution < 1.29 is 84.1 Å². The maximum atomic E-state index is 12.8. The fourth-order valence-electron chi connectivity index (χ4n) is 16.3. The van der Waals surface area contributed by atoms with Crippen LogP contribution in [0.25, 0.3) is 0 Å². The van der Waals surface area contributed by atoms with Gasteiger partial charge in [-0.15, -0.1) is 0 Å². The van der Waals surface area contributed by atoms with Crippen LogP contribution in [0.3, 0.4) is 0 Å². The molecule has 20 heteroatoms. The Labute approximate surface area is 780 Å². The van der Waals surface area contributed by atoms with Crippen LogP contribution < -0.4 is 9.79 Å². The Morgan fingerprint density at radius 2 is 0.357 bits per heavy atom. The van der Waals surface area contributed by atoms with Crippen molar-refractivity contribution in [3.05, 3.63) is 0 Å². The van der Waals surface area contributed by atoms with Gasteiger partial charge in [0.1, 0.15) is 39.5 Å². The third-order valence-corrected chi connectivity index (χ3v) is 26.7. The van der Waals surface area contributed by atoms with Crippen molar-refractivity contribution in [2.24, 2.45) is 0 Å². The second-order valence-electron chi connectivity index (χ2n) is 39.9. The molecular weight excluding hydrogens is 1620 g/mol. The van der Waals surface area contributed by atoms with Crippen molar-refractivity contribution in [2.45, 2.75) is 566 Å². The second-order valence-corrected chi connectivity index (χ2v) is 42.8. The van der Waals surface area contributed by atoms with E-state index in [-0.39, 0.29) is 64.0 Å². The van der Waals surface area contributed by atoms with Gasteiger partial charge in [0.15, 0.2) is 12.2 Å². The number of hydrogen-bond donors (Lipinski definition) is 0. The molecule has 0 radical (unpaired) electrons. The van der Waals surface area contributed by atoms with E-state index in [4.69, 9.17) is 37.0 Å². The van der Waals surface area contributed by atoms with Crippen LogP contribution in [0.5, 0.6) is 0 Å². The van der Waals surface area contributed by atoms with E-state index in [1.807, 2.05) is 42.3 Å². The summed E-state index contributed by atoms with van der Waals surface area (Å²) in [4.78, 5) is 75.5. The number of hydrogen-bond acceptors (Lipinski definition) is 16. The molecule has 126 heavy (non-hydrogen) atoms. The van der Waals surface area contributed by atoms with Gasteiger partial charge < -0.3 is 55.8 Å². The lowest BCUT2D eigenvalue weighted by atomic mass is 10.0. The van der Waals surface area contributed by atoms with Crippen LogP contribution in [-0.2, 0) is 65.4 Å². The summed E-state index contributed by atoms with van der Waals surface area (Å²) in [5, 5.41) is 0. The van der Waals surface area contributed by atoms with E-state index in [0.29, 0.717) is 34.9 Å². The van der Waals surface area contributed by atoms with E-state index in [1.165, 1.54) is 424 Å². The van der Waals surface area contributed by atoms with Crippen LogP contribution in [0.4, 0.5) is 0 Å². The molecule has 0 aromatic carbocycles. The highest BCUT2D eigenvalue weighted by atomic mass is 31.2. The molecule has 0 aromatic rings. The number of likely N-dealkylation sites (N-methyl/N-ethyl adjacent to an activating group) is 2. The Morgan fingerprint density at radius 3 is 0.508 bits per heavy atom. The number of ether oxygens (including phenoxy) is 4. The first-order chi connectivity index (χ1) is 61.0. The van der Waals surface area contributed by atoms with Crippen molar-refractivity contribution in [1.29, 1.82) is 0 Å². The van der Waals surface area contributed by atoms with E-state index in [9.17, 15) is 38.1 Å². The molecule has 0 bridgehead atoms. The molecular formula is C106H212N2O16P2. The molecule has 0 fully saturated rings. The highest BCUT2D eigenvalue weighted by molar-refractivity contribution is 7.46. The molecule has 0 N–H and O–H groups in total. The molecule has 4 atom stereocenters. The predicted molar refractivity (Wildman–Crippen MR) is 528 cm³/mol. The van der Waals surface area contributed by atoms with Crippen molar-refractivity contribution in [3.8, 4) is 0 Å². The highest BCUT2D eigenvalue weighted by Gasteiger charge is 2.24. The van der Waals surface area contributed by atoms with Crippen molar-refractivity contribution in [2.75, 3.05) is 95.0 Å². The van der Waals surface area contributed by atoms with Gasteiger partial charge in [0.2, 0.25) is 0 Å². The third kappa shape index (κ3) is 106. The molecule has 0 heterocycles. The van der Waals surface area contributed by atoms with Gasteiger partial charge in [-0.1, -0.05) is 503 Å². The van der Waals surface area contributed by atoms with Gasteiger partial charge in [-0.2, -0.15) is 0 Å². The van der Waals surface area contributed by atoms with E-state index in [1.54, 1.807) is 0 Å². The van der Waals surface area contributed by atoms with Crippen molar-refractivity contribution in [1.82, 2.24) is 0 Å². The minimum absolute atomic E-state index is 0.0252. The van der Waals surface area contributed by atoms with Gasteiger partial charge in [0, 0.05) is 25.7 Å². The van der Waals surface area contributed by atoms with E-state index >= 15 is 0 Å². The quantitative estimate of drug-likeness (QED) is 0.0181. The zero-order valence-electron chi connectivity index (χ0n) is 85.1. The molecule has 0 aromatic heterocycles. The molecule has 0 saturated carbocycles. The summed E-state index contributed by atoms with van der Waals surface area (Å²) in [7, 11) is 2.38.